The van der Waals surface area contributed by atoms with Gasteiger partial charge >= 0.3 is 0 Å². The van der Waals surface area contributed by atoms with Crippen LogP contribution in [0.2, 0.25) is 5.02 Å². The Hall–Kier alpha value is -1.09. The van der Waals surface area contributed by atoms with E-state index in [-0.39, 0.29) is 0 Å². The molecule has 1 aliphatic rings. The fourth-order valence-corrected chi connectivity index (χ4v) is 3.85. The second kappa shape index (κ2) is 6.35. The van der Waals surface area contributed by atoms with Crippen molar-refractivity contribution in [2.24, 2.45) is 11.3 Å². The van der Waals surface area contributed by atoms with Crippen LogP contribution in [0.3, 0.4) is 0 Å². The van der Waals surface area contributed by atoms with Gasteiger partial charge in [0.2, 0.25) is 0 Å². The molecule has 1 aliphatic carbocycles. The van der Waals surface area contributed by atoms with Gasteiger partial charge in [-0.1, -0.05) is 32.4 Å². The maximum atomic E-state index is 6.37. The van der Waals surface area contributed by atoms with Crippen molar-refractivity contribution in [2.75, 3.05) is 19.5 Å². The van der Waals surface area contributed by atoms with Gasteiger partial charge < -0.3 is 14.8 Å². The summed E-state index contributed by atoms with van der Waals surface area (Å²) in [5.74, 6) is 2.09. The highest BCUT2D eigenvalue weighted by Gasteiger charge is 2.32. The first kappa shape index (κ1) is 16.3. The normalized spacial score (nSPS) is 24.5. The zero-order valence-corrected chi connectivity index (χ0v) is 14.4. The summed E-state index contributed by atoms with van der Waals surface area (Å²) < 4.78 is 10.6. The number of ether oxygens (including phenoxy) is 2. The molecule has 1 N–H and O–H groups in total. The highest BCUT2D eigenvalue weighted by atomic mass is 35.5. The zero-order chi connectivity index (χ0) is 15.6. The van der Waals surface area contributed by atoms with Gasteiger partial charge in [-0.2, -0.15) is 0 Å². The van der Waals surface area contributed by atoms with Gasteiger partial charge in [0.05, 0.1) is 24.9 Å². The lowest BCUT2D eigenvalue weighted by atomic mass is 9.70. The monoisotopic (exact) mass is 311 g/mol. The van der Waals surface area contributed by atoms with E-state index in [1.807, 2.05) is 6.07 Å². The predicted octanol–water partition coefficient (Wildman–Crippen LogP) is 4.98. The molecule has 0 saturated heterocycles. The summed E-state index contributed by atoms with van der Waals surface area (Å²) >= 11 is 6.37. The van der Waals surface area contributed by atoms with E-state index >= 15 is 0 Å². The Morgan fingerprint density at radius 3 is 2.33 bits per heavy atom. The number of nitrogens with one attached hydrogen (secondary N) is 1. The number of benzene rings is 1. The SMILES string of the molecule is COc1cc(Cl)c(NC2CC(C)CC(C)(C)C2)cc1OC. The van der Waals surface area contributed by atoms with Crippen molar-refractivity contribution < 1.29 is 9.47 Å². The molecule has 1 fully saturated rings. The highest BCUT2D eigenvalue weighted by Crippen LogP contribution is 2.41. The molecule has 0 heterocycles. The van der Waals surface area contributed by atoms with Crippen LogP contribution >= 0.6 is 11.6 Å². The minimum atomic E-state index is 0.373. The Morgan fingerprint density at radius 1 is 1.14 bits per heavy atom. The summed E-state index contributed by atoms with van der Waals surface area (Å²) in [7, 11) is 3.26. The van der Waals surface area contributed by atoms with Gasteiger partial charge in [-0.15, -0.1) is 0 Å². The Morgan fingerprint density at radius 2 is 1.76 bits per heavy atom. The molecule has 118 valence electrons. The fraction of sp³-hybridized carbons (Fsp3) is 0.647. The van der Waals surface area contributed by atoms with Crippen molar-refractivity contribution in [1.29, 1.82) is 0 Å². The number of hydrogen-bond acceptors (Lipinski definition) is 3. The van der Waals surface area contributed by atoms with Gasteiger partial charge in [0.1, 0.15) is 0 Å². The second-order valence-electron chi connectivity index (χ2n) is 6.94. The summed E-state index contributed by atoms with van der Waals surface area (Å²) in [4.78, 5) is 0. The molecule has 2 rings (SSSR count). The van der Waals surface area contributed by atoms with Gasteiger partial charge in [0, 0.05) is 18.2 Å². The zero-order valence-electron chi connectivity index (χ0n) is 13.6. The van der Waals surface area contributed by atoms with Gasteiger partial charge in [-0.05, 0) is 30.6 Å². The molecule has 0 aliphatic heterocycles. The predicted molar refractivity (Wildman–Crippen MR) is 88.8 cm³/mol. The molecule has 2 atom stereocenters. The maximum Gasteiger partial charge on any atom is 0.162 e. The average molecular weight is 312 g/mol. The molecule has 4 heteroatoms. The van der Waals surface area contributed by atoms with Crippen molar-refractivity contribution in [3.05, 3.63) is 17.2 Å². The largest absolute Gasteiger partial charge is 0.493 e. The van der Waals surface area contributed by atoms with E-state index in [2.05, 4.69) is 26.1 Å². The van der Waals surface area contributed by atoms with E-state index in [9.17, 15) is 0 Å². The average Bonchev–Trinajstić information content (AvgIpc) is 2.38. The van der Waals surface area contributed by atoms with Crippen LogP contribution in [0.4, 0.5) is 5.69 Å². The third-order valence-corrected chi connectivity index (χ3v) is 4.53. The smallest absolute Gasteiger partial charge is 0.162 e. The quantitative estimate of drug-likeness (QED) is 0.850. The Kier molecular flexibility index (Phi) is 4.92. The van der Waals surface area contributed by atoms with Crippen LogP contribution in [-0.2, 0) is 0 Å². The number of methoxy groups -OCH3 is 2. The Labute approximate surface area is 133 Å². The van der Waals surface area contributed by atoms with Gasteiger partial charge in [0.15, 0.2) is 11.5 Å². The summed E-state index contributed by atoms with van der Waals surface area (Å²) in [6, 6.07) is 4.17. The van der Waals surface area contributed by atoms with Gasteiger partial charge in [-0.3, -0.25) is 0 Å². The van der Waals surface area contributed by atoms with Crippen molar-refractivity contribution >= 4 is 17.3 Å². The number of rotatable bonds is 4. The number of hydrogen-bond donors (Lipinski definition) is 1. The molecule has 1 aromatic carbocycles. The van der Waals surface area contributed by atoms with Crippen LogP contribution in [0.15, 0.2) is 12.1 Å². The van der Waals surface area contributed by atoms with E-state index in [0.717, 1.165) is 18.0 Å². The van der Waals surface area contributed by atoms with Crippen LogP contribution < -0.4 is 14.8 Å². The molecule has 0 amide bonds. The summed E-state index contributed by atoms with van der Waals surface area (Å²) in [5.41, 5.74) is 1.29. The summed E-state index contributed by atoms with van der Waals surface area (Å²) in [6.07, 6.45) is 3.61. The molecule has 0 spiro atoms. The lowest BCUT2D eigenvalue weighted by Crippen LogP contribution is -2.35. The van der Waals surface area contributed by atoms with Crippen LogP contribution in [0.1, 0.15) is 40.0 Å². The lowest BCUT2D eigenvalue weighted by molar-refractivity contribution is 0.178. The summed E-state index contributed by atoms with van der Waals surface area (Å²) in [6.45, 7) is 7.01. The molecule has 2 unspecified atom stereocenters. The van der Waals surface area contributed by atoms with Crippen LogP contribution in [-0.4, -0.2) is 20.3 Å². The maximum absolute atomic E-state index is 6.37. The number of halogens is 1. The first-order chi connectivity index (χ1) is 9.84. The van der Waals surface area contributed by atoms with E-state index < -0.39 is 0 Å². The van der Waals surface area contributed by atoms with Crippen molar-refractivity contribution in [1.82, 2.24) is 0 Å². The van der Waals surface area contributed by atoms with Crippen molar-refractivity contribution in [3.8, 4) is 11.5 Å². The molecule has 0 aromatic heterocycles. The van der Waals surface area contributed by atoms with Crippen molar-refractivity contribution in [3.63, 3.8) is 0 Å². The molecular formula is C17H26ClNO2. The van der Waals surface area contributed by atoms with E-state index in [4.69, 9.17) is 21.1 Å². The van der Waals surface area contributed by atoms with E-state index in [1.54, 1.807) is 20.3 Å². The molecular weight excluding hydrogens is 286 g/mol. The van der Waals surface area contributed by atoms with Crippen LogP contribution in [0.25, 0.3) is 0 Å². The third kappa shape index (κ3) is 3.97. The minimum absolute atomic E-state index is 0.373. The van der Waals surface area contributed by atoms with Gasteiger partial charge in [-0.25, -0.2) is 0 Å². The summed E-state index contributed by atoms with van der Waals surface area (Å²) in [5, 5.41) is 4.26. The molecule has 21 heavy (non-hydrogen) atoms. The molecule has 3 nitrogen and oxygen atoms in total. The molecule has 0 radical (unpaired) electrons. The molecule has 0 bridgehead atoms. The third-order valence-electron chi connectivity index (χ3n) is 4.22. The van der Waals surface area contributed by atoms with Gasteiger partial charge in [0.25, 0.3) is 0 Å². The standard InChI is InChI=1S/C17H26ClNO2/c1-11-6-12(10-17(2,3)9-11)19-14-8-16(21-5)15(20-4)7-13(14)18/h7-8,11-12,19H,6,9-10H2,1-5H3. The first-order valence-electron chi connectivity index (χ1n) is 7.52. The van der Waals surface area contributed by atoms with Crippen molar-refractivity contribution in [2.45, 2.75) is 46.1 Å². The second-order valence-corrected chi connectivity index (χ2v) is 7.35. The van der Waals surface area contributed by atoms with Crippen LogP contribution in [0, 0.1) is 11.3 Å². The first-order valence-corrected chi connectivity index (χ1v) is 7.90. The highest BCUT2D eigenvalue weighted by molar-refractivity contribution is 6.33. The van der Waals surface area contributed by atoms with E-state index in [1.165, 1.54) is 12.8 Å². The van der Waals surface area contributed by atoms with E-state index in [0.29, 0.717) is 28.0 Å². The van der Waals surface area contributed by atoms with Crippen LogP contribution in [0.5, 0.6) is 11.5 Å². The molecule has 1 aromatic rings. The minimum Gasteiger partial charge on any atom is -0.493 e. The lowest BCUT2D eigenvalue weighted by Gasteiger charge is -2.39. The fourth-order valence-electron chi connectivity index (χ4n) is 3.64. The Bertz CT molecular complexity index is 502. The molecule has 1 saturated carbocycles. The topological polar surface area (TPSA) is 30.5 Å². The number of anilines is 1. The Balaban J connectivity index is 2.19.